The SMILES string of the molecule is O=C(O)CN(CC1CC1)C(=O)NCCc1cscn1. The number of carbonyl (C=O) groups excluding carboxylic acids is 1. The van der Waals surface area contributed by atoms with Crippen LogP contribution in [0.25, 0.3) is 0 Å². The lowest BCUT2D eigenvalue weighted by atomic mass is 10.3. The van der Waals surface area contributed by atoms with E-state index in [1.54, 1.807) is 5.51 Å². The molecule has 1 aromatic rings. The smallest absolute Gasteiger partial charge is 0.323 e. The van der Waals surface area contributed by atoms with E-state index in [0.717, 1.165) is 18.5 Å². The Bertz CT molecular complexity index is 431. The minimum absolute atomic E-state index is 0.237. The fourth-order valence-electron chi connectivity index (χ4n) is 1.76. The van der Waals surface area contributed by atoms with Gasteiger partial charge in [-0.2, -0.15) is 0 Å². The molecule has 1 aromatic heterocycles. The lowest BCUT2D eigenvalue weighted by Gasteiger charge is -2.20. The first kappa shape index (κ1) is 13.8. The Morgan fingerprint density at radius 2 is 2.32 bits per heavy atom. The summed E-state index contributed by atoms with van der Waals surface area (Å²) in [4.78, 5) is 28.2. The van der Waals surface area contributed by atoms with Gasteiger partial charge in [0.25, 0.3) is 0 Å². The van der Waals surface area contributed by atoms with E-state index in [-0.39, 0.29) is 12.6 Å². The van der Waals surface area contributed by atoms with Crippen LogP contribution in [-0.2, 0) is 11.2 Å². The molecule has 0 bridgehead atoms. The average Bonchev–Trinajstić information content (AvgIpc) is 3.02. The second-order valence-corrected chi connectivity index (χ2v) is 5.40. The van der Waals surface area contributed by atoms with E-state index in [1.807, 2.05) is 5.38 Å². The van der Waals surface area contributed by atoms with E-state index in [9.17, 15) is 9.59 Å². The van der Waals surface area contributed by atoms with Crippen molar-refractivity contribution in [1.29, 1.82) is 0 Å². The molecule has 7 heteroatoms. The van der Waals surface area contributed by atoms with Crippen LogP contribution < -0.4 is 5.32 Å². The molecule has 2 N–H and O–H groups in total. The van der Waals surface area contributed by atoms with Gasteiger partial charge in [-0.1, -0.05) is 0 Å². The second-order valence-electron chi connectivity index (χ2n) is 4.68. The monoisotopic (exact) mass is 283 g/mol. The minimum atomic E-state index is -0.977. The van der Waals surface area contributed by atoms with Crippen molar-refractivity contribution in [2.75, 3.05) is 19.6 Å². The van der Waals surface area contributed by atoms with Crippen LogP contribution in [0.1, 0.15) is 18.5 Å². The zero-order valence-corrected chi connectivity index (χ0v) is 11.4. The number of urea groups is 1. The number of amides is 2. The summed E-state index contributed by atoms with van der Waals surface area (Å²) in [5.74, 6) is -0.501. The van der Waals surface area contributed by atoms with E-state index in [0.29, 0.717) is 25.4 Å². The number of aromatic nitrogens is 1. The summed E-state index contributed by atoms with van der Waals surface area (Å²) < 4.78 is 0. The highest BCUT2D eigenvalue weighted by Gasteiger charge is 2.27. The van der Waals surface area contributed by atoms with E-state index >= 15 is 0 Å². The largest absolute Gasteiger partial charge is 0.480 e. The molecular weight excluding hydrogens is 266 g/mol. The van der Waals surface area contributed by atoms with Gasteiger partial charge >= 0.3 is 12.0 Å². The van der Waals surface area contributed by atoms with Gasteiger partial charge in [-0.15, -0.1) is 11.3 Å². The van der Waals surface area contributed by atoms with Gasteiger partial charge in [0.05, 0.1) is 11.2 Å². The second kappa shape index (κ2) is 6.51. The van der Waals surface area contributed by atoms with Gasteiger partial charge in [-0.05, 0) is 18.8 Å². The van der Waals surface area contributed by atoms with Gasteiger partial charge in [-0.3, -0.25) is 4.79 Å². The lowest BCUT2D eigenvalue weighted by Crippen LogP contribution is -2.44. The van der Waals surface area contributed by atoms with Gasteiger partial charge in [0.15, 0.2) is 0 Å². The standard InChI is InChI=1S/C12H17N3O3S/c16-11(17)6-15(5-9-1-2-9)12(18)13-4-3-10-7-19-8-14-10/h7-9H,1-6H2,(H,13,18)(H,16,17). The normalized spacial score (nSPS) is 14.1. The van der Waals surface area contributed by atoms with Crippen LogP contribution in [0.2, 0.25) is 0 Å². The molecule has 0 saturated heterocycles. The molecule has 6 nitrogen and oxygen atoms in total. The maximum atomic E-state index is 11.9. The number of rotatable bonds is 7. The van der Waals surface area contributed by atoms with Crippen molar-refractivity contribution in [3.63, 3.8) is 0 Å². The van der Waals surface area contributed by atoms with Crippen molar-refractivity contribution < 1.29 is 14.7 Å². The molecule has 0 unspecified atom stereocenters. The topological polar surface area (TPSA) is 82.5 Å². The van der Waals surface area contributed by atoms with Crippen molar-refractivity contribution in [2.45, 2.75) is 19.3 Å². The molecule has 2 amide bonds. The Labute approximate surface area is 115 Å². The zero-order valence-electron chi connectivity index (χ0n) is 10.5. The van der Waals surface area contributed by atoms with Gasteiger partial charge in [0.2, 0.25) is 0 Å². The van der Waals surface area contributed by atoms with Crippen molar-refractivity contribution in [1.82, 2.24) is 15.2 Å². The fourth-order valence-corrected chi connectivity index (χ4v) is 2.36. The first-order valence-corrected chi connectivity index (χ1v) is 7.21. The number of thiazole rings is 1. The Kier molecular flexibility index (Phi) is 4.73. The number of carbonyl (C=O) groups is 2. The Morgan fingerprint density at radius 3 is 2.89 bits per heavy atom. The molecule has 1 saturated carbocycles. The van der Waals surface area contributed by atoms with E-state index in [2.05, 4.69) is 10.3 Å². The van der Waals surface area contributed by atoms with Crippen LogP contribution in [0.5, 0.6) is 0 Å². The molecule has 0 spiro atoms. The molecular formula is C12H17N3O3S. The van der Waals surface area contributed by atoms with Gasteiger partial charge < -0.3 is 15.3 Å². The maximum absolute atomic E-state index is 11.9. The minimum Gasteiger partial charge on any atom is -0.480 e. The quantitative estimate of drug-likeness (QED) is 0.787. The van der Waals surface area contributed by atoms with Gasteiger partial charge in [-0.25, -0.2) is 9.78 Å². The number of carboxylic acids is 1. The number of nitrogens with one attached hydrogen (secondary N) is 1. The van der Waals surface area contributed by atoms with Crippen molar-refractivity contribution in [2.24, 2.45) is 5.92 Å². The van der Waals surface area contributed by atoms with E-state index in [1.165, 1.54) is 16.2 Å². The molecule has 1 aliphatic rings. The van der Waals surface area contributed by atoms with Crippen LogP contribution in [0.4, 0.5) is 4.79 Å². The summed E-state index contributed by atoms with van der Waals surface area (Å²) in [7, 11) is 0. The Morgan fingerprint density at radius 1 is 1.53 bits per heavy atom. The third-order valence-electron chi connectivity index (χ3n) is 2.93. The predicted octanol–water partition coefficient (Wildman–Crippen LogP) is 1.19. The average molecular weight is 283 g/mol. The molecule has 0 atom stereocenters. The fraction of sp³-hybridized carbons (Fsp3) is 0.583. The van der Waals surface area contributed by atoms with E-state index in [4.69, 9.17) is 5.11 Å². The molecule has 104 valence electrons. The Balaban J connectivity index is 1.75. The van der Waals surface area contributed by atoms with Crippen molar-refractivity contribution in [3.8, 4) is 0 Å². The van der Waals surface area contributed by atoms with Crippen molar-refractivity contribution in [3.05, 3.63) is 16.6 Å². The highest BCUT2D eigenvalue weighted by Crippen LogP contribution is 2.29. The molecule has 0 radical (unpaired) electrons. The lowest BCUT2D eigenvalue weighted by molar-refractivity contribution is -0.137. The number of hydrogen-bond donors (Lipinski definition) is 2. The summed E-state index contributed by atoms with van der Waals surface area (Å²) in [6.45, 7) is 0.775. The number of hydrogen-bond acceptors (Lipinski definition) is 4. The number of nitrogens with zero attached hydrogens (tertiary/aromatic N) is 2. The predicted molar refractivity (Wildman–Crippen MR) is 71.1 cm³/mol. The van der Waals surface area contributed by atoms with Crippen LogP contribution >= 0.6 is 11.3 Å². The molecule has 1 heterocycles. The first-order valence-electron chi connectivity index (χ1n) is 6.27. The van der Waals surface area contributed by atoms with Crippen LogP contribution in [-0.4, -0.2) is 46.6 Å². The summed E-state index contributed by atoms with van der Waals surface area (Å²) in [6, 6.07) is -0.301. The molecule has 2 rings (SSSR count). The van der Waals surface area contributed by atoms with Gasteiger partial charge in [0.1, 0.15) is 6.54 Å². The highest BCUT2D eigenvalue weighted by molar-refractivity contribution is 7.07. The summed E-state index contributed by atoms with van der Waals surface area (Å²) >= 11 is 1.52. The highest BCUT2D eigenvalue weighted by atomic mass is 32.1. The molecule has 1 aliphatic carbocycles. The molecule has 1 fully saturated rings. The molecule has 0 aromatic carbocycles. The molecule has 0 aliphatic heterocycles. The van der Waals surface area contributed by atoms with E-state index < -0.39 is 5.97 Å². The summed E-state index contributed by atoms with van der Waals surface area (Å²) in [5.41, 5.74) is 2.69. The van der Waals surface area contributed by atoms with Crippen LogP contribution in [0.3, 0.4) is 0 Å². The summed E-state index contributed by atoms with van der Waals surface area (Å²) in [5, 5.41) is 13.5. The Hall–Kier alpha value is -1.63. The summed E-state index contributed by atoms with van der Waals surface area (Å²) in [6.07, 6.45) is 2.84. The number of aliphatic carboxylic acids is 1. The maximum Gasteiger partial charge on any atom is 0.323 e. The third-order valence-corrected chi connectivity index (χ3v) is 3.56. The third kappa shape index (κ3) is 4.86. The first-order chi connectivity index (χ1) is 9.15. The van der Waals surface area contributed by atoms with Crippen molar-refractivity contribution >= 4 is 23.3 Å². The van der Waals surface area contributed by atoms with Crippen LogP contribution in [0.15, 0.2) is 10.9 Å². The molecule has 19 heavy (non-hydrogen) atoms. The van der Waals surface area contributed by atoms with Gasteiger partial charge in [0, 0.05) is 24.9 Å². The van der Waals surface area contributed by atoms with Crippen LogP contribution in [0, 0.1) is 5.92 Å². The number of carboxylic acid groups (broad SMARTS) is 1. The zero-order chi connectivity index (χ0) is 13.7.